The minimum atomic E-state index is -0.293. The van der Waals surface area contributed by atoms with E-state index in [0.29, 0.717) is 17.2 Å². The summed E-state index contributed by atoms with van der Waals surface area (Å²) in [4.78, 5) is 12.2. The standard InChI is InChI=1S/C20H22O2/c1-15-7-13-19(14-8-15)22-20(21)18-11-9-17(10-12-18)16-5-3-2-4-6-16/h7-14,16H,2-6H2,1H3. The third kappa shape index (κ3) is 3.56. The number of aryl methyl sites for hydroxylation is 1. The molecule has 1 aliphatic carbocycles. The maximum Gasteiger partial charge on any atom is 0.343 e. The Balaban J connectivity index is 1.66. The van der Waals surface area contributed by atoms with Gasteiger partial charge < -0.3 is 4.74 Å². The fourth-order valence-corrected chi connectivity index (χ4v) is 3.10. The molecular weight excluding hydrogens is 272 g/mol. The molecule has 22 heavy (non-hydrogen) atoms. The van der Waals surface area contributed by atoms with Crippen LogP contribution in [0.5, 0.6) is 5.75 Å². The molecule has 0 aliphatic heterocycles. The van der Waals surface area contributed by atoms with Crippen LogP contribution in [0.4, 0.5) is 0 Å². The van der Waals surface area contributed by atoms with Crippen LogP contribution >= 0.6 is 0 Å². The highest BCUT2D eigenvalue weighted by molar-refractivity contribution is 5.91. The Bertz CT molecular complexity index is 620. The van der Waals surface area contributed by atoms with E-state index in [1.807, 2.05) is 43.3 Å². The molecular formula is C20H22O2. The first-order valence-electron chi connectivity index (χ1n) is 8.11. The molecule has 3 rings (SSSR count). The molecule has 0 aromatic heterocycles. The summed E-state index contributed by atoms with van der Waals surface area (Å²) < 4.78 is 5.40. The lowest BCUT2D eigenvalue weighted by Crippen LogP contribution is -2.09. The van der Waals surface area contributed by atoms with Gasteiger partial charge in [-0.15, -0.1) is 0 Å². The molecule has 0 N–H and O–H groups in total. The third-order valence-corrected chi connectivity index (χ3v) is 4.45. The van der Waals surface area contributed by atoms with E-state index in [4.69, 9.17) is 4.74 Å². The van der Waals surface area contributed by atoms with Crippen molar-refractivity contribution in [2.45, 2.75) is 44.9 Å². The van der Waals surface area contributed by atoms with Gasteiger partial charge in [-0.2, -0.15) is 0 Å². The quantitative estimate of drug-likeness (QED) is 0.570. The van der Waals surface area contributed by atoms with Crippen LogP contribution in [0.25, 0.3) is 0 Å². The number of carbonyl (C=O) groups excluding carboxylic acids is 1. The molecule has 0 saturated heterocycles. The summed E-state index contributed by atoms with van der Waals surface area (Å²) in [6, 6.07) is 15.5. The Morgan fingerprint density at radius 2 is 1.55 bits per heavy atom. The molecule has 0 amide bonds. The molecule has 2 aromatic carbocycles. The van der Waals surface area contributed by atoms with Crippen LogP contribution in [-0.2, 0) is 0 Å². The van der Waals surface area contributed by atoms with Crippen LogP contribution in [0.2, 0.25) is 0 Å². The lowest BCUT2D eigenvalue weighted by Gasteiger charge is -2.21. The van der Waals surface area contributed by atoms with Crippen LogP contribution in [0.1, 0.15) is 59.5 Å². The zero-order valence-electron chi connectivity index (χ0n) is 13.0. The smallest absolute Gasteiger partial charge is 0.343 e. The second-order valence-electron chi connectivity index (χ2n) is 6.16. The summed E-state index contributed by atoms with van der Waals surface area (Å²) in [5.41, 5.74) is 3.11. The first kappa shape index (κ1) is 14.8. The van der Waals surface area contributed by atoms with E-state index in [1.165, 1.54) is 37.7 Å². The van der Waals surface area contributed by atoms with Crippen molar-refractivity contribution in [3.8, 4) is 5.75 Å². The number of carbonyl (C=O) groups is 1. The molecule has 0 unspecified atom stereocenters. The van der Waals surface area contributed by atoms with E-state index in [0.717, 1.165) is 5.56 Å². The Hall–Kier alpha value is -2.09. The predicted octanol–water partition coefficient (Wildman–Crippen LogP) is 5.26. The van der Waals surface area contributed by atoms with Crippen LogP contribution < -0.4 is 4.74 Å². The zero-order chi connectivity index (χ0) is 15.4. The molecule has 1 saturated carbocycles. The SMILES string of the molecule is Cc1ccc(OC(=O)c2ccc(C3CCCCC3)cc2)cc1. The van der Waals surface area contributed by atoms with Crippen LogP contribution in [0.15, 0.2) is 48.5 Å². The van der Waals surface area contributed by atoms with Crippen LogP contribution in [0.3, 0.4) is 0 Å². The Labute approximate surface area is 132 Å². The van der Waals surface area contributed by atoms with E-state index in [-0.39, 0.29) is 5.97 Å². The molecule has 2 aromatic rings. The first-order chi connectivity index (χ1) is 10.7. The average Bonchev–Trinajstić information content (AvgIpc) is 2.58. The van der Waals surface area contributed by atoms with Crippen molar-refractivity contribution in [3.63, 3.8) is 0 Å². The summed E-state index contributed by atoms with van der Waals surface area (Å²) in [6.07, 6.45) is 6.54. The number of hydrogen-bond donors (Lipinski definition) is 0. The van der Waals surface area contributed by atoms with Crippen LogP contribution in [0, 0.1) is 6.92 Å². The first-order valence-corrected chi connectivity index (χ1v) is 8.11. The van der Waals surface area contributed by atoms with E-state index < -0.39 is 0 Å². The fraction of sp³-hybridized carbons (Fsp3) is 0.350. The molecule has 0 atom stereocenters. The number of rotatable bonds is 3. The van der Waals surface area contributed by atoms with Crippen molar-refractivity contribution in [3.05, 3.63) is 65.2 Å². The highest BCUT2D eigenvalue weighted by Gasteiger charge is 2.16. The number of hydrogen-bond acceptors (Lipinski definition) is 2. The summed E-state index contributed by atoms with van der Waals surface area (Å²) in [6.45, 7) is 2.01. The largest absolute Gasteiger partial charge is 0.423 e. The molecule has 0 bridgehead atoms. The number of esters is 1. The summed E-state index contributed by atoms with van der Waals surface area (Å²) in [5, 5.41) is 0. The maximum absolute atomic E-state index is 12.2. The van der Waals surface area contributed by atoms with Gasteiger partial charge in [0.1, 0.15) is 5.75 Å². The van der Waals surface area contributed by atoms with Gasteiger partial charge in [-0.05, 0) is 55.5 Å². The molecule has 1 fully saturated rings. The molecule has 2 nitrogen and oxygen atoms in total. The van der Waals surface area contributed by atoms with Crippen molar-refractivity contribution >= 4 is 5.97 Å². The topological polar surface area (TPSA) is 26.3 Å². The van der Waals surface area contributed by atoms with Crippen molar-refractivity contribution in [2.75, 3.05) is 0 Å². The molecule has 114 valence electrons. The van der Waals surface area contributed by atoms with Gasteiger partial charge in [0.25, 0.3) is 0 Å². The molecule has 2 heteroatoms. The van der Waals surface area contributed by atoms with Crippen molar-refractivity contribution in [2.24, 2.45) is 0 Å². The molecule has 0 spiro atoms. The maximum atomic E-state index is 12.2. The summed E-state index contributed by atoms with van der Waals surface area (Å²) in [5.74, 6) is 0.960. The molecule has 0 radical (unpaired) electrons. The van der Waals surface area contributed by atoms with E-state index in [9.17, 15) is 4.79 Å². The van der Waals surface area contributed by atoms with E-state index in [1.54, 1.807) is 0 Å². The van der Waals surface area contributed by atoms with Gasteiger partial charge in [-0.25, -0.2) is 4.79 Å². The van der Waals surface area contributed by atoms with Gasteiger partial charge in [0.2, 0.25) is 0 Å². The Morgan fingerprint density at radius 3 is 2.18 bits per heavy atom. The highest BCUT2D eigenvalue weighted by Crippen LogP contribution is 2.32. The van der Waals surface area contributed by atoms with E-state index in [2.05, 4.69) is 12.1 Å². The third-order valence-electron chi connectivity index (χ3n) is 4.45. The van der Waals surface area contributed by atoms with Crippen LogP contribution in [-0.4, -0.2) is 5.97 Å². The van der Waals surface area contributed by atoms with Gasteiger partial charge in [0.05, 0.1) is 5.56 Å². The molecule has 0 heterocycles. The lowest BCUT2D eigenvalue weighted by molar-refractivity contribution is 0.0734. The fourth-order valence-electron chi connectivity index (χ4n) is 3.10. The minimum absolute atomic E-state index is 0.293. The average molecular weight is 294 g/mol. The normalized spacial score (nSPS) is 15.5. The second kappa shape index (κ2) is 6.78. The van der Waals surface area contributed by atoms with E-state index >= 15 is 0 Å². The Morgan fingerprint density at radius 1 is 0.909 bits per heavy atom. The summed E-state index contributed by atoms with van der Waals surface area (Å²) in [7, 11) is 0. The van der Waals surface area contributed by atoms with Crippen molar-refractivity contribution in [1.82, 2.24) is 0 Å². The number of ether oxygens (including phenoxy) is 1. The highest BCUT2D eigenvalue weighted by atomic mass is 16.5. The Kier molecular flexibility index (Phi) is 4.57. The predicted molar refractivity (Wildman–Crippen MR) is 88.4 cm³/mol. The van der Waals surface area contributed by atoms with Gasteiger partial charge in [-0.3, -0.25) is 0 Å². The van der Waals surface area contributed by atoms with Gasteiger partial charge >= 0.3 is 5.97 Å². The van der Waals surface area contributed by atoms with Crippen molar-refractivity contribution < 1.29 is 9.53 Å². The lowest BCUT2D eigenvalue weighted by atomic mass is 9.84. The van der Waals surface area contributed by atoms with Gasteiger partial charge in [0, 0.05) is 0 Å². The zero-order valence-corrected chi connectivity index (χ0v) is 13.0. The molecule has 1 aliphatic rings. The number of benzene rings is 2. The summed E-state index contributed by atoms with van der Waals surface area (Å²) >= 11 is 0. The second-order valence-corrected chi connectivity index (χ2v) is 6.16. The monoisotopic (exact) mass is 294 g/mol. The van der Waals surface area contributed by atoms with Crippen molar-refractivity contribution in [1.29, 1.82) is 0 Å². The van der Waals surface area contributed by atoms with Gasteiger partial charge in [0.15, 0.2) is 0 Å². The minimum Gasteiger partial charge on any atom is -0.423 e. The van der Waals surface area contributed by atoms with Gasteiger partial charge in [-0.1, -0.05) is 49.1 Å².